The smallest absolute Gasteiger partial charge is 0.133 e. The van der Waals surface area contributed by atoms with E-state index in [-0.39, 0.29) is 23.7 Å². The van der Waals surface area contributed by atoms with Gasteiger partial charge in [0.2, 0.25) is 0 Å². The zero-order chi connectivity index (χ0) is 17.5. The molecule has 4 N–H and O–H groups in total. The summed E-state index contributed by atoms with van der Waals surface area (Å²) in [5.74, 6) is 0.0976. The molecule has 5 nitrogen and oxygen atoms in total. The lowest BCUT2D eigenvalue weighted by atomic mass is 9.92. The van der Waals surface area contributed by atoms with Crippen LogP contribution in [0.25, 0.3) is 22.0 Å². The summed E-state index contributed by atoms with van der Waals surface area (Å²) in [7, 11) is 0. The van der Waals surface area contributed by atoms with Crippen LogP contribution in [0.1, 0.15) is 31.3 Å². The minimum Gasteiger partial charge on any atom is -0.383 e. The molecule has 0 radical (unpaired) electrons. The van der Waals surface area contributed by atoms with Crippen molar-refractivity contribution in [3.05, 3.63) is 28.1 Å². The first kappa shape index (κ1) is 20.0. The van der Waals surface area contributed by atoms with Gasteiger partial charge in [-0.1, -0.05) is 20.8 Å². The third kappa shape index (κ3) is 4.08. The molecule has 9 heteroatoms. The molecular formula is C16H20ClN5S3. The van der Waals surface area contributed by atoms with E-state index in [9.17, 15) is 0 Å². The van der Waals surface area contributed by atoms with Gasteiger partial charge in [0.25, 0.3) is 0 Å². The van der Waals surface area contributed by atoms with Crippen molar-refractivity contribution in [3.63, 3.8) is 0 Å². The van der Waals surface area contributed by atoms with Crippen molar-refractivity contribution in [1.82, 2.24) is 15.2 Å². The van der Waals surface area contributed by atoms with Crippen LogP contribution >= 0.6 is 46.8 Å². The summed E-state index contributed by atoms with van der Waals surface area (Å²) in [6, 6.07) is 4.01. The van der Waals surface area contributed by atoms with Crippen molar-refractivity contribution in [2.45, 2.75) is 30.4 Å². The van der Waals surface area contributed by atoms with Gasteiger partial charge >= 0.3 is 0 Å². The average molecular weight is 414 g/mol. The minimum atomic E-state index is 0. The van der Waals surface area contributed by atoms with Crippen LogP contribution in [0.3, 0.4) is 0 Å². The fourth-order valence-electron chi connectivity index (χ4n) is 2.16. The van der Waals surface area contributed by atoms with Crippen molar-refractivity contribution in [2.24, 2.45) is 5.73 Å². The van der Waals surface area contributed by atoms with Crippen LogP contribution in [0.5, 0.6) is 0 Å². The van der Waals surface area contributed by atoms with E-state index in [0.29, 0.717) is 0 Å². The molecule has 0 amide bonds. The summed E-state index contributed by atoms with van der Waals surface area (Å²) >= 11 is 4.77. The highest BCUT2D eigenvalue weighted by molar-refractivity contribution is 8.00. The number of thioether (sulfide) groups is 1. The fourth-order valence-corrected chi connectivity index (χ4v) is 4.86. The van der Waals surface area contributed by atoms with E-state index in [1.807, 2.05) is 17.7 Å². The van der Waals surface area contributed by atoms with Gasteiger partial charge < -0.3 is 5.73 Å². The molecular weight excluding hydrogens is 394 g/mol. The highest BCUT2D eigenvalue weighted by atomic mass is 35.5. The second-order valence-electron chi connectivity index (χ2n) is 6.38. The molecule has 0 spiro atoms. The molecule has 0 fully saturated rings. The Balaban J connectivity index is 0.00000225. The zero-order valence-corrected chi connectivity index (χ0v) is 17.6. The van der Waals surface area contributed by atoms with Gasteiger partial charge in [-0.2, -0.15) is 5.10 Å². The van der Waals surface area contributed by atoms with Crippen LogP contribution in [-0.4, -0.2) is 27.3 Å². The number of thiazole rings is 1. The van der Waals surface area contributed by atoms with Crippen molar-refractivity contribution < 1.29 is 0 Å². The Hall–Kier alpha value is -1.35. The van der Waals surface area contributed by atoms with Gasteiger partial charge in [0, 0.05) is 22.1 Å². The summed E-state index contributed by atoms with van der Waals surface area (Å²) in [5.41, 5.74) is 9.50. The van der Waals surface area contributed by atoms with E-state index in [2.05, 4.69) is 37.0 Å². The number of nitrogens with two attached hydrogens (primary N) is 1. The van der Waals surface area contributed by atoms with Crippen LogP contribution < -0.4 is 5.73 Å². The molecule has 25 heavy (non-hydrogen) atoms. The highest BCUT2D eigenvalue weighted by Gasteiger charge is 2.19. The number of nitrogen functional groups attached to an aromatic ring is 1. The first-order valence-electron chi connectivity index (χ1n) is 7.34. The van der Waals surface area contributed by atoms with Gasteiger partial charge in [0.1, 0.15) is 22.2 Å². The minimum absolute atomic E-state index is 0. The van der Waals surface area contributed by atoms with Gasteiger partial charge in [-0.3, -0.25) is 10.5 Å². The number of H-pyrrole nitrogens is 1. The van der Waals surface area contributed by atoms with E-state index >= 15 is 0 Å². The summed E-state index contributed by atoms with van der Waals surface area (Å²) in [6.07, 6.45) is 2.02. The Kier molecular flexibility index (Phi) is 5.98. The van der Waals surface area contributed by atoms with E-state index in [4.69, 9.17) is 16.1 Å². The van der Waals surface area contributed by atoms with Crippen molar-refractivity contribution in [2.75, 3.05) is 6.26 Å². The third-order valence-corrected chi connectivity index (χ3v) is 6.71. The Bertz CT molecular complexity index is 888. The monoisotopic (exact) mass is 413 g/mol. The topological polar surface area (TPSA) is 91.4 Å². The third-order valence-electron chi connectivity index (χ3n) is 3.53. The highest BCUT2D eigenvalue weighted by Crippen LogP contribution is 2.40. The quantitative estimate of drug-likeness (QED) is 0.319. The van der Waals surface area contributed by atoms with Crippen molar-refractivity contribution in [1.29, 1.82) is 5.41 Å². The van der Waals surface area contributed by atoms with Crippen LogP contribution in [0, 0.1) is 5.41 Å². The molecule has 0 aliphatic carbocycles. The molecule has 0 aromatic carbocycles. The Labute approximate surface area is 165 Å². The predicted octanol–water partition coefficient (Wildman–Crippen LogP) is 4.99. The lowest BCUT2D eigenvalue weighted by molar-refractivity contribution is 0.567. The molecule has 0 bridgehead atoms. The van der Waals surface area contributed by atoms with Gasteiger partial charge in [-0.05, 0) is 18.4 Å². The maximum Gasteiger partial charge on any atom is 0.133 e. The lowest BCUT2D eigenvalue weighted by Crippen LogP contribution is -2.11. The van der Waals surface area contributed by atoms with Gasteiger partial charge in [-0.15, -0.1) is 46.8 Å². The second kappa shape index (κ2) is 7.49. The number of amidine groups is 1. The molecule has 3 rings (SSSR count). The van der Waals surface area contributed by atoms with Crippen LogP contribution in [0.15, 0.2) is 21.7 Å². The number of nitrogens with one attached hydrogen (secondary N) is 2. The number of rotatable bonds is 4. The maximum absolute atomic E-state index is 7.63. The number of halogens is 1. The maximum atomic E-state index is 7.63. The first-order chi connectivity index (χ1) is 11.3. The number of nitrogens with zero attached hydrogens (tertiary/aromatic N) is 2. The van der Waals surface area contributed by atoms with Crippen LogP contribution in [0.4, 0.5) is 0 Å². The molecule has 0 aliphatic rings. The average Bonchev–Trinajstić information content (AvgIpc) is 3.23. The number of hydrogen-bond acceptors (Lipinski definition) is 6. The molecule has 0 saturated heterocycles. The van der Waals surface area contributed by atoms with E-state index < -0.39 is 0 Å². The number of aromatic amines is 1. The summed E-state index contributed by atoms with van der Waals surface area (Å²) < 4.78 is 1.12. The molecule has 0 saturated carbocycles. The van der Waals surface area contributed by atoms with Gasteiger partial charge in [-0.25, -0.2) is 4.98 Å². The van der Waals surface area contributed by atoms with Gasteiger partial charge in [0.05, 0.1) is 9.09 Å². The van der Waals surface area contributed by atoms with E-state index in [1.165, 1.54) is 11.3 Å². The number of aromatic nitrogens is 3. The SMILES string of the molecule is CSc1sc(C(=N)N)cc1-c1nc(-c2cc(C(C)(C)C)[nH]n2)cs1.Cl. The first-order valence-corrected chi connectivity index (χ1v) is 10.3. The summed E-state index contributed by atoms with van der Waals surface area (Å²) in [5, 5.41) is 18.1. The summed E-state index contributed by atoms with van der Waals surface area (Å²) in [4.78, 5) is 5.52. The zero-order valence-electron chi connectivity index (χ0n) is 14.3. The van der Waals surface area contributed by atoms with Crippen molar-refractivity contribution in [3.8, 4) is 22.0 Å². The Morgan fingerprint density at radius 2 is 2.00 bits per heavy atom. The molecule has 0 unspecified atom stereocenters. The number of hydrogen-bond donors (Lipinski definition) is 3. The Morgan fingerprint density at radius 3 is 2.56 bits per heavy atom. The normalized spacial score (nSPS) is 11.4. The van der Waals surface area contributed by atoms with Crippen molar-refractivity contribution >= 4 is 52.7 Å². The predicted molar refractivity (Wildman–Crippen MR) is 112 cm³/mol. The van der Waals surface area contributed by atoms with Crippen LogP contribution in [-0.2, 0) is 5.41 Å². The lowest BCUT2D eigenvalue weighted by Gasteiger charge is -2.14. The molecule has 3 aromatic heterocycles. The van der Waals surface area contributed by atoms with Gasteiger partial charge in [0.15, 0.2) is 0 Å². The molecule has 3 aromatic rings. The standard InChI is InChI=1S/C16H19N5S3.ClH/c1-16(2,3)12-6-9(20-21-12)10-7-23-14(19-10)8-5-11(13(17)18)24-15(8)22-4;/h5-7H,1-4H3,(H3,17,18)(H,20,21);1H. The Morgan fingerprint density at radius 1 is 1.28 bits per heavy atom. The molecule has 0 aliphatic heterocycles. The number of thiophene rings is 1. The summed E-state index contributed by atoms with van der Waals surface area (Å²) in [6.45, 7) is 6.45. The molecule has 3 heterocycles. The molecule has 134 valence electrons. The second-order valence-corrected chi connectivity index (χ2v) is 9.37. The largest absolute Gasteiger partial charge is 0.383 e. The van der Waals surface area contributed by atoms with Crippen LogP contribution in [0.2, 0.25) is 0 Å². The van der Waals surface area contributed by atoms with E-state index in [0.717, 1.165) is 36.7 Å². The fraction of sp³-hybridized carbons (Fsp3) is 0.312. The van der Waals surface area contributed by atoms with E-state index in [1.54, 1.807) is 23.1 Å². The molecule has 0 atom stereocenters.